The lowest BCUT2D eigenvalue weighted by Gasteiger charge is -2.28. The number of imide groups is 1. The van der Waals surface area contributed by atoms with Crippen LogP contribution in [0.25, 0.3) is 16.6 Å². The highest BCUT2D eigenvalue weighted by molar-refractivity contribution is 7.54. The summed E-state index contributed by atoms with van der Waals surface area (Å²) in [6, 6.07) is 21.0. The maximum absolute atomic E-state index is 16.3. The highest BCUT2D eigenvalue weighted by atomic mass is 31.2. The Kier molecular flexibility index (Phi) is 28.4. The van der Waals surface area contributed by atoms with E-state index in [1.807, 2.05) is 60.7 Å². The van der Waals surface area contributed by atoms with Crippen LogP contribution in [0.2, 0.25) is 0 Å². The first-order chi connectivity index (χ1) is 49.3. The number of carbonyl (C=O) groups excluding carboxylic acids is 9. The third kappa shape index (κ3) is 21.5. The van der Waals surface area contributed by atoms with Gasteiger partial charge in [0.05, 0.1) is 84.9 Å². The Labute approximate surface area is 603 Å². The van der Waals surface area contributed by atoms with Crippen LogP contribution in [-0.2, 0) is 130 Å². The summed E-state index contributed by atoms with van der Waals surface area (Å²) in [7, 11) is -3.94. The third-order valence-corrected chi connectivity index (χ3v) is 20.2. The highest BCUT2D eigenvalue weighted by Crippen LogP contribution is 2.67. The van der Waals surface area contributed by atoms with Gasteiger partial charge < -0.3 is 50.1 Å². The van der Waals surface area contributed by atoms with Crippen molar-refractivity contribution in [3.63, 3.8) is 0 Å². The van der Waals surface area contributed by atoms with Crippen LogP contribution in [0.5, 0.6) is 0 Å². The minimum absolute atomic E-state index is 0.0585. The molecule has 0 bridgehead atoms. The molecule has 29 heteroatoms. The molecule has 1 aliphatic heterocycles. The quantitative estimate of drug-likeness (QED) is 0.00625. The number of ether oxygens (including phenoxy) is 6. The molecule has 6 amide bonds. The number of imidazole rings is 1. The second kappa shape index (κ2) is 36.4. The number of nitrogens with one attached hydrogen (secondary N) is 4. The molecular weight excluding hydrogens is 1370 g/mol. The Balaban J connectivity index is 0.747. The van der Waals surface area contributed by atoms with Crippen LogP contribution in [0.4, 0.5) is 8.78 Å². The van der Waals surface area contributed by atoms with Crippen molar-refractivity contribution in [2.24, 2.45) is 29.5 Å². The minimum atomic E-state index is -5.61. The summed E-state index contributed by atoms with van der Waals surface area (Å²) in [5.41, 5.74) is 5.23. The van der Waals surface area contributed by atoms with Crippen molar-refractivity contribution in [1.29, 1.82) is 0 Å². The van der Waals surface area contributed by atoms with Gasteiger partial charge in [0.1, 0.15) is 12.6 Å². The van der Waals surface area contributed by atoms with Crippen LogP contribution in [0.15, 0.2) is 95.8 Å². The molecule has 5 aromatic rings. The van der Waals surface area contributed by atoms with Gasteiger partial charge in [-0.2, -0.15) is 8.78 Å². The van der Waals surface area contributed by atoms with E-state index in [9.17, 15) is 52.5 Å². The van der Waals surface area contributed by atoms with Gasteiger partial charge in [-0.15, -0.1) is 0 Å². The van der Waals surface area contributed by atoms with Crippen LogP contribution < -0.4 is 32.7 Å². The van der Waals surface area contributed by atoms with Crippen LogP contribution in [-0.4, -0.2) is 140 Å². The summed E-state index contributed by atoms with van der Waals surface area (Å²) in [5, 5.41) is 11.1. The van der Waals surface area contributed by atoms with Gasteiger partial charge in [0.2, 0.25) is 49.0 Å². The second-order valence-corrected chi connectivity index (χ2v) is 30.4. The Bertz CT molecular complexity index is 4030. The van der Waals surface area contributed by atoms with Crippen molar-refractivity contribution in [2.75, 3.05) is 59.8 Å². The van der Waals surface area contributed by atoms with E-state index in [0.29, 0.717) is 74.2 Å². The molecule has 1 fully saturated rings. The summed E-state index contributed by atoms with van der Waals surface area (Å²) in [6.45, 7) is 12.3. The number of Topliss-reactive ketones (excluding diaryl/α,β-unsaturated/α-hetero) is 1. The maximum Gasteiger partial charge on any atom is 0.410 e. The van der Waals surface area contributed by atoms with E-state index < -0.39 is 115 Å². The Morgan fingerprint density at radius 1 is 0.750 bits per heavy atom. The molecule has 1 saturated heterocycles. The van der Waals surface area contributed by atoms with Gasteiger partial charge in [0.25, 0.3) is 0 Å². The molecule has 3 aliphatic rings. The number of nitrogens with zero attached hydrogens (tertiary/aromatic N) is 2. The van der Waals surface area contributed by atoms with E-state index in [4.69, 9.17) is 43.2 Å². The standard InChI is InChI=1S/C75H96F2N7O19P/c1-46(51-22-25-54(26-23-51)75(76,77)104(95,102-44-100-70(92)73(3,4)5)103-45-101-71(93)74(6,7)8)39-63(87)80-57-27-24-52-15-10-16-53-41-55(66(65(52)53)67(57)89)68(90)81-56(28-31-61(78)85)47(2)99-42-50-19-17-48(18-20-50)13-11-33-79-64(88)43-98-38-37-97-36-35-96-34-12-14-49-21-29-58-60(40-49)83(9)72(94)84(58)59-30-32-62(86)82-69(59)91/h10,15-23,25-26,29,39-40,47,55-57,59,66H,11-14,24,27-28,30-38,41-45H2,1-9H3,(H2,78,85)(H,79,88)(H,80,87)(H,81,90)(H,82,86,91)/b46-39+/t47-,55-,56+,57+,59?,66?/m1/s1. The first-order valence-electron chi connectivity index (χ1n) is 34.9. The van der Waals surface area contributed by atoms with Crippen LogP contribution >= 0.6 is 7.60 Å². The first kappa shape index (κ1) is 81.0. The van der Waals surface area contributed by atoms with E-state index in [0.717, 1.165) is 51.9 Å². The number of fused-ring (bicyclic) bond motifs is 1. The summed E-state index contributed by atoms with van der Waals surface area (Å²) >= 11 is 0. The number of alkyl halides is 2. The number of halogens is 2. The summed E-state index contributed by atoms with van der Waals surface area (Å²) < 4.78 is 92.4. The Morgan fingerprint density at radius 2 is 1.37 bits per heavy atom. The van der Waals surface area contributed by atoms with Crippen LogP contribution in [0, 0.1) is 16.7 Å². The van der Waals surface area contributed by atoms with Gasteiger partial charge >= 0.3 is 30.9 Å². The molecule has 564 valence electrons. The Hall–Kier alpha value is -8.63. The van der Waals surface area contributed by atoms with Gasteiger partial charge in [-0.25, -0.2) is 4.79 Å². The molecule has 8 rings (SSSR count). The largest absolute Gasteiger partial charge is 0.438 e. The summed E-state index contributed by atoms with van der Waals surface area (Å²) in [4.78, 5) is 130. The SMILES string of the molecule is C/C(=C\C(=O)N[C@H]1CCc2cccc3c2C(C1=O)[C@H](C(=O)N[C@@H](CCC(N)=O)[C@@H](C)OCc1ccc(CCCNC(=O)COCCOCCOCCCc2ccc4c(c2)n(C)c(=O)n4C2CCC(=O)NC2=O)cc1)C3)c1ccc(C(F)(F)P(=O)(OCOC(=O)C(C)(C)C)OCOC(=O)C(C)(C)C)cc1. The van der Waals surface area contributed by atoms with Crippen molar-refractivity contribution >= 4 is 77.4 Å². The van der Waals surface area contributed by atoms with E-state index in [1.165, 1.54) is 68.9 Å². The zero-order valence-corrected chi connectivity index (χ0v) is 61.3. The van der Waals surface area contributed by atoms with Crippen molar-refractivity contribution < 1.29 is 94.0 Å². The zero-order valence-electron chi connectivity index (χ0n) is 60.4. The van der Waals surface area contributed by atoms with Gasteiger partial charge in [-0.1, -0.05) is 72.8 Å². The smallest absolute Gasteiger partial charge is 0.410 e. The molecule has 26 nitrogen and oxygen atoms in total. The van der Waals surface area contributed by atoms with Gasteiger partial charge in [0, 0.05) is 44.7 Å². The molecule has 6 N–H and O–H groups in total. The molecule has 4 aromatic carbocycles. The lowest BCUT2D eigenvalue weighted by molar-refractivity contribution is -0.163. The lowest BCUT2D eigenvalue weighted by atomic mass is 9.84. The van der Waals surface area contributed by atoms with E-state index in [2.05, 4.69) is 21.3 Å². The number of hydrogen-bond donors (Lipinski definition) is 5. The highest BCUT2D eigenvalue weighted by Gasteiger charge is 2.56. The zero-order chi connectivity index (χ0) is 75.7. The number of aromatic nitrogens is 2. The topological polar surface area (TPSA) is 346 Å². The molecule has 2 aliphatic carbocycles. The number of benzene rings is 4. The number of piperidine rings is 1. The number of amides is 6. The summed E-state index contributed by atoms with van der Waals surface area (Å²) in [6.07, 6.45) is 4.78. The molecule has 0 radical (unpaired) electrons. The average molecular weight is 1470 g/mol. The molecule has 104 heavy (non-hydrogen) atoms. The number of aryl methyl sites for hydroxylation is 4. The van der Waals surface area contributed by atoms with Gasteiger partial charge in [-0.05, 0) is 170 Å². The second-order valence-electron chi connectivity index (χ2n) is 28.4. The average Bonchev–Trinajstić information content (AvgIpc) is 1.54. The summed E-state index contributed by atoms with van der Waals surface area (Å²) in [5.74, 6) is -6.61. The fourth-order valence-electron chi connectivity index (χ4n) is 12.4. The van der Waals surface area contributed by atoms with Crippen LogP contribution in [0.3, 0.4) is 0 Å². The van der Waals surface area contributed by atoms with E-state index in [1.54, 1.807) is 20.9 Å². The minimum Gasteiger partial charge on any atom is -0.438 e. The predicted octanol–water partition coefficient (Wildman–Crippen LogP) is 8.13. The van der Waals surface area contributed by atoms with Crippen molar-refractivity contribution in [3.8, 4) is 0 Å². The van der Waals surface area contributed by atoms with Gasteiger partial charge in [0.15, 0.2) is 5.78 Å². The number of allylic oxidation sites excluding steroid dienone is 1. The number of esters is 2. The number of ketones is 1. The number of carbonyl (C=O) groups is 9. The fourth-order valence-corrected chi connectivity index (χ4v) is 13.7. The molecule has 6 atom stereocenters. The van der Waals surface area contributed by atoms with Crippen molar-refractivity contribution in [1.82, 2.24) is 30.4 Å². The monoisotopic (exact) mass is 1470 g/mol. The molecule has 0 spiro atoms. The Morgan fingerprint density at radius 3 is 2.01 bits per heavy atom. The third-order valence-electron chi connectivity index (χ3n) is 18.4. The normalized spacial score (nSPS) is 17.7. The fraction of sp³-hybridized carbons (Fsp3) is 0.520. The predicted molar refractivity (Wildman–Crippen MR) is 378 cm³/mol. The number of rotatable bonds is 37. The van der Waals surface area contributed by atoms with E-state index >= 15 is 8.78 Å². The lowest BCUT2D eigenvalue weighted by Crippen LogP contribution is -2.49. The maximum atomic E-state index is 16.3. The van der Waals surface area contributed by atoms with E-state index in [-0.39, 0.29) is 88.2 Å². The molecule has 1 aromatic heterocycles. The molecular formula is C75H96F2N7O19P. The molecule has 0 saturated carbocycles. The van der Waals surface area contributed by atoms with Crippen molar-refractivity contribution in [2.45, 2.75) is 168 Å². The number of nitrogens with two attached hydrogens (primary N) is 1. The first-order valence-corrected chi connectivity index (χ1v) is 36.5. The van der Waals surface area contributed by atoms with Crippen LogP contribution in [0.1, 0.15) is 157 Å². The molecule has 2 heterocycles. The van der Waals surface area contributed by atoms with Gasteiger partial charge in [-0.3, -0.25) is 71.2 Å². The van der Waals surface area contributed by atoms with Crippen molar-refractivity contribution in [3.05, 3.63) is 146 Å². The number of primary amides is 1. The number of hydrogen-bond acceptors (Lipinski definition) is 19. The molecule has 2 unspecified atom stereocenters.